The Balaban J connectivity index is 2.57. The van der Waals surface area contributed by atoms with Crippen LogP contribution < -0.4 is 15.2 Å². The van der Waals surface area contributed by atoms with Crippen molar-refractivity contribution < 1.29 is 9.47 Å². The summed E-state index contributed by atoms with van der Waals surface area (Å²) in [5.74, 6) is 1.61. The van der Waals surface area contributed by atoms with E-state index in [1.165, 1.54) is 16.7 Å². The molecular weight excluding hydrogens is 202 g/mol. The lowest BCUT2D eigenvalue weighted by Gasteiger charge is -2.13. The Labute approximate surface area is 95.9 Å². The first-order valence-electron chi connectivity index (χ1n) is 5.45. The van der Waals surface area contributed by atoms with Crippen LogP contribution >= 0.6 is 0 Å². The molecule has 86 valence electrons. The highest BCUT2D eigenvalue weighted by Crippen LogP contribution is 2.43. The number of fused-ring (bicyclic) bond motifs is 1. The minimum Gasteiger partial charge on any atom is -0.493 e. The van der Waals surface area contributed by atoms with E-state index >= 15 is 0 Å². The second-order valence-electron chi connectivity index (χ2n) is 3.80. The SMILES string of the molecule is COc1ccc2c(c1OC)/C(=C/CN)CC2. The number of hydrogen-bond donors (Lipinski definition) is 1. The molecule has 0 aliphatic heterocycles. The average molecular weight is 219 g/mol. The van der Waals surface area contributed by atoms with E-state index in [4.69, 9.17) is 15.2 Å². The molecule has 2 N–H and O–H groups in total. The first-order chi connectivity index (χ1) is 7.81. The summed E-state index contributed by atoms with van der Waals surface area (Å²) in [5.41, 5.74) is 9.34. The molecule has 1 aromatic carbocycles. The highest BCUT2D eigenvalue weighted by molar-refractivity contribution is 5.79. The molecule has 1 aliphatic rings. The van der Waals surface area contributed by atoms with Gasteiger partial charge in [-0.1, -0.05) is 12.1 Å². The quantitative estimate of drug-likeness (QED) is 0.845. The van der Waals surface area contributed by atoms with Crippen molar-refractivity contribution >= 4 is 5.57 Å². The van der Waals surface area contributed by atoms with Crippen LogP contribution in [0.5, 0.6) is 11.5 Å². The number of allylic oxidation sites excluding steroid dienone is 1. The normalized spacial score (nSPS) is 16.3. The third-order valence-electron chi connectivity index (χ3n) is 2.98. The van der Waals surface area contributed by atoms with Gasteiger partial charge >= 0.3 is 0 Å². The molecule has 2 rings (SSSR count). The van der Waals surface area contributed by atoms with Gasteiger partial charge in [0.25, 0.3) is 0 Å². The molecule has 0 fully saturated rings. The van der Waals surface area contributed by atoms with E-state index in [0.717, 1.165) is 24.3 Å². The molecule has 0 saturated heterocycles. The van der Waals surface area contributed by atoms with Crippen LogP contribution in [0, 0.1) is 0 Å². The van der Waals surface area contributed by atoms with Crippen molar-refractivity contribution in [3.63, 3.8) is 0 Å². The number of nitrogens with two attached hydrogens (primary N) is 1. The zero-order chi connectivity index (χ0) is 11.5. The maximum Gasteiger partial charge on any atom is 0.168 e. The van der Waals surface area contributed by atoms with Gasteiger partial charge < -0.3 is 15.2 Å². The lowest BCUT2D eigenvalue weighted by Crippen LogP contribution is -1.97. The third kappa shape index (κ3) is 1.67. The monoisotopic (exact) mass is 219 g/mol. The van der Waals surface area contributed by atoms with Crippen LogP contribution in [0.3, 0.4) is 0 Å². The first-order valence-corrected chi connectivity index (χ1v) is 5.45. The molecule has 0 aromatic heterocycles. The highest BCUT2D eigenvalue weighted by Gasteiger charge is 2.22. The van der Waals surface area contributed by atoms with Gasteiger partial charge in [0.2, 0.25) is 0 Å². The molecule has 0 radical (unpaired) electrons. The van der Waals surface area contributed by atoms with Gasteiger partial charge in [-0.25, -0.2) is 0 Å². The molecule has 0 unspecified atom stereocenters. The summed E-state index contributed by atoms with van der Waals surface area (Å²) in [6.45, 7) is 0.565. The minimum atomic E-state index is 0.565. The summed E-state index contributed by atoms with van der Waals surface area (Å²) in [6.07, 6.45) is 4.16. The molecular formula is C13H17NO2. The predicted octanol–water partition coefficient (Wildman–Crippen LogP) is 1.99. The number of rotatable bonds is 3. The number of hydrogen-bond acceptors (Lipinski definition) is 3. The Morgan fingerprint density at radius 3 is 2.69 bits per heavy atom. The number of ether oxygens (including phenoxy) is 2. The lowest BCUT2D eigenvalue weighted by molar-refractivity contribution is 0.354. The van der Waals surface area contributed by atoms with Gasteiger partial charge in [-0.15, -0.1) is 0 Å². The lowest BCUT2D eigenvalue weighted by atomic mass is 10.0. The van der Waals surface area contributed by atoms with Crippen LogP contribution in [0.25, 0.3) is 5.57 Å². The zero-order valence-corrected chi connectivity index (χ0v) is 9.75. The molecule has 1 aliphatic carbocycles. The molecule has 16 heavy (non-hydrogen) atoms. The summed E-state index contributed by atoms with van der Waals surface area (Å²) in [4.78, 5) is 0. The summed E-state index contributed by atoms with van der Waals surface area (Å²) < 4.78 is 10.8. The van der Waals surface area contributed by atoms with E-state index in [2.05, 4.69) is 12.1 Å². The maximum absolute atomic E-state index is 5.58. The van der Waals surface area contributed by atoms with E-state index in [-0.39, 0.29) is 0 Å². The van der Waals surface area contributed by atoms with Crippen LogP contribution in [0.1, 0.15) is 17.5 Å². The molecule has 3 heteroatoms. The Morgan fingerprint density at radius 1 is 1.25 bits per heavy atom. The second-order valence-corrected chi connectivity index (χ2v) is 3.80. The highest BCUT2D eigenvalue weighted by atomic mass is 16.5. The maximum atomic E-state index is 5.58. The van der Waals surface area contributed by atoms with Crippen molar-refractivity contribution in [2.24, 2.45) is 5.73 Å². The van der Waals surface area contributed by atoms with Crippen molar-refractivity contribution in [3.05, 3.63) is 29.3 Å². The van der Waals surface area contributed by atoms with E-state index in [1.807, 2.05) is 6.07 Å². The van der Waals surface area contributed by atoms with Crippen LogP contribution in [0.15, 0.2) is 18.2 Å². The van der Waals surface area contributed by atoms with Crippen molar-refractivity contribution in [3.8, 4) is 11.5 Å². The largest absolute Gasteiger partial charge is 0.493 e. The van der Waals surface area contributed by atoms with Crippen molar-refractivity contribution in [1.29, 1.82) is 0 Å². The second kappa shape index (κ2) is 4.58. The topological polar surface area (TPSA) is 44.5 Å². The molecule has 3 nitrogen and oxygen atoms in total. The number of methoxy groups -OCH3 is 2. The van der Waals surface area contributed by atoms with E-state index < -0.39 is 0 Å². The van der Waals surface area contributed by atoms with Gasteiger partial charge in [0, 0.05) is 12.1 Å². The number of aryl methyl sites for hydroxylation is 1. The Bertz CT molecular complexity index is 424. The molecule has 0 saturated carbocycles. The molecule has 0 atom stereocenters. The van der Waals surface area contributed by atoms with Gasteiger partial charge in [0.15, 0.2) is 11.5 Å². The Morgan fingerprint density at radius 2 is 2.06 bits per heavy atom. The van der Waals surface area contributed by atoms with Crippen LogP contribution in [-0.2, 0) is 6.42 Å². The number of benzene rings is 1. The first kappa shape index (κ1) is 11.0. The van der Waals surface area contributed by atoms with Crippen LogP contribution in [-0.4, -0.2) is 20.8 Å². The molecule has 1 aromatic rings. The summed E-state index contributed by atoms with van der Waals surface area (Å²) in [7, 11) is 3.34. The smallest absolute Gasteiger partial charge is 0.168 e. The van der Waals surface area contributed by atoms with E-state index in [9.17, 15) is 0 Å². The van der Waals surface area contributed by atoms with Gasteiger partial charge in [-0.3, -0.25) is 0 Å². The van der Waals surface area contributed by atoms with Gasteiger partial charge in [0.05, 0.1) is 14.2 Å². The molecule has 0 heterocycles. The van der Waals surface area contributed by atoms with Crippen molar-refractivity contribution in [2.75, 3.05) is 20.8 Å². The van der Waals surface area contributed by atoms with Gasteiger partial charge in [-0.2, -0.15) is 0 Å². The standard InChI is InChI=1S/C13H17NO2/c1-15-11-6-5-9-3-4-10(7-8-14)12(9)13(11)16-2/h5-7H,3-4,8,14H2,1-2H3/b10-7+. The molecule has 0 spiro atoms. The zero-order valence-electron chi connectivity index (χ0n) is 9.75. The van der Waals surface area contributed by atoms with Crippen molar-refractivity contribution in [1.82, 2.24) is 0 Å². The van der Waals surface area contributed by atoms with Gasteiger partial charge in [-0.05, 0) is 30.0 Å². The average Bonchev–Trinajstić information content (AvgIpc) is 2.72. The summed E-state index contributed by atoms with van der Waals surface area (Å²) in [5, 5.41) is 0. The molecule has 0 bridgehead atoms. The van der Waals surface area contributed by atoms with Crippen LogP contribution in [0.4, 0.5) is 0 Å². The van der Waals surface area contributed by atoms with E-state index in [1.54, 1.807) is 14.2 Å². The fraction of sp³-hybridized carbons (Fsp3) is 0.385. The summed E-state index contributed by atoms with van der Waals surface area (Å²) in [6, 6.07) is 4.07. The molecule has 0 amide bonds. The fourth-order valence-corrected chi connectivity index (χ4v) is 2.27. The minimum absolute atomic E-state index is 0.565. The third-order valence-corrected chi connectivity index (χ3v) is 2.98. The van der Waals surface area contributed by atoms with Crippen LogP contribution in [0.2, 0.25) is 0 Å². The Kier molecular flexibility index (Phi) is 3.15. The summed E-state index contributed by atoms with van der Waals surface area (Å²) >= 11 is 0. The predicted molar refractivity (Wildman–Crippen MR) is 64.9 cm³/mol. The van der Waals surface area contributed by atoms with Gasteiger partial charge in [0.1, 0.15) is 0 Å². The van der Waals surface area contributed by atoms with E-state index in [0.29, 0.717) is 6.54 Å². The van der Waals surface area contributed by atoms with Crippen molar-refractivity contribution in [2.45, 2.75) is 12.8 Å². The Hall–Kier alpha value is -1.48. The fourth-order valence-electron chi connectivity index (χ4n) is 2.27.